The molecule has 0 aromatic heterocycles. The Kier molecular flexibility index (Phi) is 7.10. The van der Waals surface area contributed by atoms with E-state index in [-0.39, 0.29) is 11.8 Å². The molecule has 0 fully saturated rings. The predicted molar refractivity (Wildman–Crippen MR) is 96.7 cm³/mol. The van der Waals surface area contributed by atoms with Gasteiger partial charge in [-0.3, -0.25) is 0 Å². The molecule has 0 saturated heterocycles. The number of hydrogen-bond acceptors (Lipinski definition) is 3. The maximum atomic E-state index is 11.5. The van der Waals surface area contributed by atoms with Gasteiger partial charge in [-0.1, -0.05) is 42.5 Å². The summed E-state index contributed by atoms with van der Waals surface area (Å²) in [5, 5.41) is 0. The van der Waals surface area contributed by atoms with Crippen molar-refractivity contribution in [3.05, 3.63) is 71.3 Å². The van der Waals surface area contributed by atoms with Crippen LogP contribution in [0.1, 0.15) is 27.9 Å². The first kappa shape index (κ1) is 18.8. The molecule has 2 aromatic rings. The van der Waals surface area contributed by atoms with E-state index in [9.17, 15) is 4.79 Å². The third kappa shape index (κ3) is 4.97. The molecule has 0 bridgehead atoms. The van der Waals surface area contributed by atoms with Gasteiger partial charge in [0.25, 0.3) is 0 Å². The molecule has 0 N–H and O–H groups in total. The first-order valence-corrected chi connectivity index (χ1v) is 8.56. The van der Waals surface area contributed by atoms with E-state index in [4.69, 9.17) is 32.7 Å². The van der Waals surface area contributed by atoms with Crippen molar-refractivity contribution >= 4 is 29.2 Å². The van der Waals surface area contributed by atoms with E-state index < -0.39 is 4.87 Å². The van der Waals surface area contributed by atoms with Crippen molar-refractivity contribution in [3.8, 4) is 0 Å². The van der Waals surface area contributed by atoms with Crippen molar-refractivity contribution < 1.29 is 14.3 Å². The first-order valence-electron chi connectivity index (χ1n) is 7.64. The average molecular weight is 367 g/mol. The largest absolute Gasteiger partial charge is 0.465 e. The Morgan fingerprint density at radius 1 is 1.08 bits per heavy atom. The molecule has 3 nitrogen and oxygen atoms in total. The van der Waals surface area contributed by atoms with E-state index in [0.29, 0.717) is 25.2 Å². The van der Waals surface area contributed by atoms with Crippen LogP contribution in [0.2, 0.25) is 0 Å². The summed E-state index contributed by atoms with van der Waals surface area (Å²) in [5.41, 5.74) is 2.45. The van der Waals surface area contributed by atoms with Crippen LogP contribution in [-0.2, 0) is 21.0 Å². The normalized spacial score (nSPS) is 13.3. The van der Waals surface area contributed by atoms with Crippen LogP contribution >= 0.6 is 23.2 Å². The van der Waals surface area contributed by atoms with Gasteiger partial charge in [0.1, 0.15) is 0 Å². The Balaban J connectivity index is 1.93. The van der Waals surface area contributed by atoms with Crippen LogP contribution in [0, 0.1) is 0 Å². The van der Waals surface area contributed by atoms with Gasteiger partial charge in [0.2, 0.25) is 0 Å². The van der Waals surface area contributed by atoms with Gasteiger partial charge in [0.15, 0.2) is 0 Å². The topological polar surface area (TPSA) is 35.5 Å². The van der Waals surface area contributed by atoms with Crippen LogP contribution in [0.5, 0.6) is 0 Å². The molecule has 2 aromatic carbocycles. The summed E-state index contributed by atoms with van der Waals surface area (Å²) in [5.74, 6) is -0.125. The summed E-state index contributed by atoms with van der Waals surface area (Å²) >= 11 is 12.8. The molecule has 0 aliphatic heterocycles. The molecule has 0 heterocycles. The molecule has 2 rings (SSSR count). The molecule has 1 atom stereocenters. The third-order valence-corrected chi connectivity index (χ3v) is 4.92. The second-order valence-electron chi connectivity index (χ2n) is 5.46. The fourth-order valence-electron chi connectivity index (χ4n) is 2.31. The lowest BCUT2D eigenvalue weighted by Gasteiger charge is -2.25. The van der Waals surface area contributed by atoms with Crippen LogP contribution in [0.25, 0.3) is 0 Å². The van der Waals surface area contributed by atoms with Crippen LogP contribution < -0.4 is 0 Å². The van der Waals surface area contributed by atoms with Gasteiger partial charge >= 0.3 is 5.97 Å². The van der Waals surface area contributed by atoms with Crippen molar-refractivity contribution in [1.82, 2.24) is 0 Å². The first-order chi connectivity index (χ1) is 11.6. The highest BCUT2D eigenvalue weighted by Crippen LogP contribution is 2.34. The fourth-order valence-corrected chi connectivity index (χ4v) is 2.80. The molecular formula is C19H20Cl2O3. The molecule has 0 aliphatic rings. The van der Waals surface area contributed by atoms with E-state index in [1.54, 1.807) is 24.3 Å². The van der Waals surface area contributed by atoms with E-state index in [0.717, 1.165) is 11.1 Å². The minimum absolute atomic E-state index is 0.251. The molecule has 128 valence electrons. The summed E-state index contributed by atoms with van der Waals surface area (Å²) in [6.07, 6.45) is 0.572. The molecule has 0 aliphatic carbocycles. The number of rotatable bonds is 8. The number of benzene rings is 2. The van der Waals surface area contributed by atoms with E-state index in [1.807, 2.05) is 30.3 Å². The summed E-state index contributed by atoms with van der Waals surface area (Å²) < 4.78 is 10.4. The van der Waals surface area contributed by atoms with E-state index in [1.165, 1.54) is 7.11 Å². The third-order valence-electron chi connectivity index (χ3n) is 3.79. The van der Waals surface area contributed by atoms with Gasteiger partial charge in [-0.25, -0.2) is 4.79 Å². The Morgan fingerprint density at radius 3 is 2.33 bits per heavy atom. The second kappa shape index (κ2) is 9.07. The maximum Gasteiger partial charge on any atom is 0.337 e. The van der Waals surface area contributed by atoms with Crippen molar-refractivity contribution in [1.29, 1.82) is 0 Å². The van der Waals surface area contributed by atoms with Gasteiger partial charge in [0, 0.05) is 12.5 Å². The SMILES string of the molecule is COC(=O)c1ccc(C(Cl)(CCl)CCOCc2ccccc2)cc1. The monoisotopic (exact) mass is 366 g/mol. The number of carbonyl (C=O) groups is 1. The Morgan fingerprint density at radius 2 is 1.75 bits per heavy atom. The number of esters is 1. The molecule has 0 radical (unpaired) electrons. The number of ether oxygens (including phenoxy) is 2. The van der Waals surface area contributed by atoms with Gasteiger partial charge in [0.05, 0.1) is 24.2 Å². The quantitative estimate of drug-likeness (QED) is 0.384. The highest BCUT2D eigenvalue weighted by Gasteiger charge is 2.28. The maximum absolute atomic E-state index is 11.5. The highest BCUT2D eigenvalue weighted by molar-refractivity contribution is 6.30. The minimum atomic E-state index is -0.729. The van der Waals surface area contributed by atoms with Crippen molar-refractivity contribution in [2.75, 3.05) is 19.6 Å². The van der Waals surface area contributed by atoms with Crippen LogP contribution in [0.3, 0.4) is 0 Å². The average Bonchev–Trinajstić information content (AvgIpc) is 2.65. The number of carbonyl (C=O) groups excluding carboxylic acids is 1. The molecular weight excluding hydrogens is 347 g/mol. The molecule has 0 saturated carbocycles. The molecule has 0 amide bonds. The summed E-state index contributed by atoms with van der Waals surface area (Å²) in [6.45, 7) is 1.03. The molecule has 1 unspecified atom stereocenters. The molecule has 24 heavy (non-hydrogen) atoms. The van der Waals surface area contributed by atoms with Gasteiger partial charge in [-0.05, 0) is 29.7 Å². The number of halogens is 2. The zero-order valence-electron chi connectivity index (χ0n) is 13.5. The van der Waals surface area contributed by atoms with Crippen molar-refractivity contribution in [2.45, 2.75) is 17.9 Å². The lowest BCUT2D eigenvalue weighted by atomic mass is 9.96. The van der Waals surface area contributed by atoms with E-state index in [2.05, 4.69) is 0 Å². The second-order valence-corrected chi connectivity index (χ2v) is 6.45. The van der Waals surface area contributed by atoms with Gasteiger partial charge < -0.3 is 9.47 Å². The molecule has 5 heteroatoms. The Labute approximate surface area is 152 Å². The summed E-state index contributed by atoms with van der Waals surface area (Å²) in [4.78, 5) is 10.8. The van der Waals surface area contributed by atoms with Crippen LogP contribution in [-0.4, -0.2) is 25.6 Å². The van der Waals surface area contributed by atoms with Gasteiger partial charge in [-0.15, -0.1) is 23.2 Å². The predicted octanol–water partition coefficient (Wildman–Crippen LogP) is 4.75. The van der Waals surface area contributed by atoms with Crippen LogP contribution in [0.15, 0.2) is 54.6 Å². The lowest BCUT2D eigenvalue weighted by molar-refractivity contribution is 0.0600. The Hall–Kier alpha value is -1.55. The van der Waals surface area contributed by atoms with Gasteiger partial charge in [-0.2, -0.15) is 0 Å². The number of hydrogen-bond donors (Lipinski definition) is 0. The lowest BCUT2D eigenvalue weighted by Crippen LogP contribution is -2.23. The Bertz CT molecular complexity index is 643. The number of alkyl halides is 2. The summed E-state index contributed by atoms with van der Waals surface area (Å²) in [7, 11) is 1.35. The smallest absolute Gasteiger partial charge is 0.337 e. The van der Waals surface area contributed by atoms with Crippen molar-refractivity contribution in [2.24, 2.45) is 0 Å². The van der Waals surface area contributed by atoms with Crippen LogP contribution in [0.4, 0.5) is 0 Å². The highest BCUT2D eigenvalue weighted by atomic mass is 35.5. The summed E-state index contributed by atoms with van der Waals surface area (Å²) in [6, 6.07) is 16.9. The molecule has 0 spiro atoms. The minimum Gasteiger partial charge on any atom is -0.465 e. The standard InChI is InChI=1S/C19H20Cl2O3/c1-23-18(22)16-7-9-17(10-8-16)19(21,14-20)11-12-24-13-15-5-3-2-4-6-15/h2-10H,11-14H2,1H3. The zero-order valence-corrected chi connectivity index (χ0v) is 15.0. The van der Waals surface area contributed by atoms with Crippen molar-refractivity contribution in [3.63, 3.8) is 0 Å². The number of methoxy groups -OCH3 is 1. The van der Waals surface area contributed by atoms with E-state index >= 15 is 0 Å². The fraction of sp³-hybridized carbons (Fsp3) is 0.316. The zero-order chi connectivity index (χ0) is 17.4.